The number of hydrogen-bond donors (Lipinski definition) is 1. The number of aryl methyl sites for hydroxylation is 2. The predicted octanol–water partition coefficient (Wildman–Crippen LogP) is 2.56. The summed E-state index contributed by atoms with van der Waals surface area (Å²) in [6.45, 7) is 9.94. The van der Waals surface area contributed by atoms with E-state index in [1.54, 1.807) is 6.20 Å². The lowest BCUT2D eigenvalue weighted by atomic mass is 10.2. The molecular weight excluding hydrogens is 238 g/mol. The fraction of sp³-hybridized carbons (Fsp3) is 0.500. The fourth-order valence-corrected chi connectivity index (χ4v) is 1.99. The second kappa shape index (κ2) is 5.82. The minimum atomic E-state index is 0.593. The first-order chi connectivity index (χ1) is 9.04. The molecule has 5 heteroatoms. The maximum Gasteiger partial charge on any atom is 0.203 e. The van der Waals surface area contributed by atoms with E-state index in [-0.39, 0.29) is 0 Å². The summed E-state index contributed by atoms with van der Waals surface area (Å²) in [4.78, 5) is 13.0. The number of rotatable bonds is 5. The highest BCUT2D eigenvalue weighted by Gasteiger charge is 2.07. The fourth-order valence-electron chi connectivity index (χ4n) is 1.99. The maximum atomic E-state index is 4.51. The largest absolute Gasteiger partial charge is 0.350 e. The van der Waals surface area contributed by atoms with Crippen molar-refractivity contribution >= 4 is 5.95 Å². The third-order valence-electron chi connectivity index (χ3n) is 2.72. The smallest absolute Gasteiger partial charge is 0.203 e. The predicted molar refractivity (Wildman–Crippen MR) is 75.9 cm³/mol. The zero-order valence-electron chi connectivity index (χ0n) is 12.0. The summed E-state index contributed by atoms with van der Waals surface area (Å²) in [7, 11) is 0. The van der Waals surface area contributed by atoms with Crippen molar-refractivity contribution in [1.29, 1.82) is 0 Å². The number of anilines is 1. The summed E-state index contributed by atoms with van der Waals surface area (Å²) in [6, 6.07) is 1.92. The summed E-state index contributed by atoms with van der Waals surface area (Å²) < 4.78 is 2.16. The van der Waals surface area contributed by atoms with Gasteiger partial charge in [-0.2, -0.15) is 0 Å². The molecule has 0 atom stereocenters. The highest BCUT2D eigenvalue weighted by atomic mass is 15.2. The van der Waals surface area contributed by atoms with Crippen LogP contribution >= 0.6 is 0 Å². The summed E-state index contributed by atoms with van der Waals surface area (Å²) in [5.41, 5.74) is 2.01. The molecule has 2 aromatic heterocycles. The Morgan fingerprint density at radius 1 is 1.26 bits per heavy atom. The molecule has 0 bridgehead atoms. The lowest BCUT2D eigenvalue weighted by Crippen LogP contribution is -2.11. The zero-order valence-corrected chi connectivity index (χ0v) is 12.0. The Bertz CT molecular complexity index is 545. The second-order valence-corrected chi connectivity index (χ2v) is 5.20. The minimum absolute atomic E-state index is 0.593. The highest BCUT2D eigenvalue weighted by molar-refractivity contribution is 5.29. The number of hydrogen-bond acceptors (Lipinski definition) is 4. The molecule has 102 valence electrons. The van der Waals surface area contributed by atoms with Crippen LogP contribution in [0.5, 0.6) is 0 Å². The van der Waals surface area contributed by atoms with E-state index in [1.807, 2.05) is 19.9 Å². The number of aromatic nitrogens is 4. The van der Waals surface area contributed by atoms with Gasteiger partial charge in [-0.3, -0.25) is 0 Å². The van der Waals surface area contributed by atoms with Crippen LogP contribution in [0.15, 0.2) is 18.5 Å². The first-order valence-corrected chi connectivity index (χ1v) is 6.61. The van der Waals surface area contributed by atoms with E-state index in [0.717, 1.165) is 29.7 Å². The van der Waals surface area contributed by atoms with Crippen molar-refractivity contribution in [2.75, 3.05) is 5.32 Å². The van der Waals surface area contributed by atoms with Gasteiger partial charge in [0.05, 0.1) is 17.9 Å². The molecule has 0 saturated heterocycles. The van der Waals surface area contributed by atoms with Gasteiger partial charge in [-0.15, -0.1) is 0 Å². The molecule has 0 fully saturated rings. The van der Waals surface area contributed by atoms with Crippen LogP contribution in [0.4, 0.5) is 5.95 Å². The van der Waals surface area contributed by atoms with Gasteiger partial charge in [0.1, 0.15) is 5.82 Å². The molecule has 2 aromatic rings. The molecule has 0 aliphatic rings. The summed E-state index contributed by atoms with van der Waals surface area (Å²) in [5, 5.41) is 3.34. The van der Waals surface area contributed by atoms with Crippen molar-refractivity contribution in [1.82, 2.24) is 19.5 Å². The summed E-state index contributed by atoms with van der Waals surface area (Å²) in [5.74, 6) is 2.29. The van der Waals surface area contributed by atoms with Crippen LogP contribution < -0.4 is 5.32 Å². The normalized spacial score (nSPS) is 11.0. The Morgan fingerprint density at radius 3 is 2.74 bits per heavy atom. The van der Waals surface area contributed by atoms with Crippen molar-refractivity contribution in [2.45, 2.75) is 40.8 Å². The Balaban J connectivity index is 2.06. The van der Waals surface area contributed by atoms with E-state index in [2.05, 4.69) is 44.9 Å². The molecule has 0 unspecified atom stereocenters. The van der Waals surface area contributed by atoms with E-state index >= 15 is 0 Å². The Hall–Kier alpha value is -1.91. The third kappa shape index (κ3) is 3.77. The summed E-state index contributed by atoms with van der Waals surface area (Å²) in [6.07, 6.45) is 3.86. The average molecular weight is 259 g/mol. The van der Waals surface area contributed by atoms with Gasteiger partial charge in [0.25, 0.3) is 0 Å². The Labute approximate surface area is 114 Å². The monoisotopic (exact) mass is 259 g/mol. The second-order valence-electron chi connectivity index (χ2n) is 5.20. The number of imidazole rings is 1. The van der Waals surface area contributed by atoms with Crippen molar-refractivity contribution in [3.8, 4) is 0 Å². The average Bonchev–Trinajstić information content (AvgIpc) is 2.66. The van der Waals surface area contributed by atoms with E-state index < -0.39 is 0 Å². The van der Waals surface area contributed by atoms with Gasteiger partial charge >= 0.3 is 0 Å². The zero-order chi connectivity index (χ0) is 13.8. The van der Waals surface area contributed by atoms with Crippen molar-refractivity contribution in [2.24, 2.45) is 5.92 Å². The first-order valence-electron chi connectivity index (χ1n) is 6.61. The molecular formula is C14H21N5. The first kappa shape index (κ1) is 13.5. The lowest BCUT2D eigenvalue weighted by molar-refractivity contribution is 0.526. The van der Waals surface area contributed by atoms with Gasteiger partial charge in [0.2, 0.25) is 5.95 Å². The van der Waals surface area contributed by atoms with Gasteiger partial charge in [-0.1, -0.05) is 13.8 Å². The van der Waals surface area contributed by atoms with Gasteiger partial charge in [-0.25, -0.2) is 15.0 Å². The molecule has 5 nitrogen and oxygen atoms in total. The molecule has 0 saturated carbocycles. The molecule has 2 rings (SSSR count). The van der Waals surface area contributed by atoms with E-state index in [4.69, 9.17) is 0 Å². The molecule has 0 radical (unpaired) electrons. The molecule has 0 spiro atoms. The molecule has 0 amide bonds. The van der Waals surface area contributed by atoms with Gasteiger partial charge < -0.3 is 9.88 Å². The van der Waals surface area contributed by atoms with Gasteiger partial charge in [0, 0.05) is 18.9 Å². The van der Waals surface area contributed by atoms with Crippen LogP contribution in [0.2, 0.25) is 0 Å². The number of nitrogens with one attached hydrogen (secondary N) is 1. The standard InChI is InChI=1S/C14H21N5/c1-10(2)8-19-9-11(3)17-14(19)16-7-13-5-6-15-12(4)18-13/h5-6,9-10H,7-8H2,1-4H3,(H,16,17). The Morgan fingerprint density at radius 2 is 2.05 bits per heavy atom. The van der Waals surface area contributed by atoms with Crippen LogP contribution in [0.1, 0.15) is 31.1 Å². The van der Waals surface area contributed by atoms with Crippen LogP contribution in [0.3, 0.4) is 0 Å². The molecule has 1 N–H and O–H groups in total. The Kier molecular flexibility index (Phi) is 4.14. The quantitative estimate of drug-likeness (QED) is 0.896. The summed E-state index contributed by atoms with van der Waals surface area (Å²) >= 11 is 0. The maximum absolute atomic E-state index is 4.51. The molecule has 2 heterocycles. The van der Waals surface area contributed by atoms with E-state index in [1.165, 1.54) is 0 Å². The van der Waals surface area contributed by atoms with Crippen LogP contribution in [0, 0.1) is 19.8 Å². The van der Waals surface area contributed by atoms with Crippen LogP contribution in [-0.2, 0) is 13.1 Å². The van der Waals surface area contributed by atoms with Crippen molar-refractivity contribution < 1.29 is 0 Å². The highest BCUT2D eigenvalue weighted by Crippen LogP contribution is 2.12. The van der Waals surface area contributed by atoms with Crippen molar-refractivity contribution in [3.05, 3.63) is 35.7 Å². The minimum Gasteiger partial charge on any atom is -0.350 e. The van der Waals surface area contributed by atoms with E-state index in [0.29, 0.717) is 12.5 Å². The van der Waals surface area contributed by atoms with E-state index in [9.17, 15) is 0 Å². The molecule has 0 aromatic carbocycles. The third-order valence-corrected chi connectivity index (χ3v) is 2.72. The van der Waals surface area contributed by atoms with Crippen LogP contribution in [0.25, 0.3) is 0 Å². The van der Waals surface area contributed by atoms with Gasteiger partial charge in [0.15, 0.2) is 0 Å². The molecule has 0 aliphatic carbocycles. The molecule has 19 heavy (non-hydrogen) atoms. The molecule has 0 aliphatic heterocycles. The topological polar surface area (TPSA) is 55.6 Å². The van der Waals surface area contributed by atoms with Gasteiger partial charge in [-0.05, 0) is 25.8 Å². The number of nitrogens with zero attached hydrogens (tertiary/aromatic N) is 4. The lowest BCUT2D eigenvalue weighted by Gasteiger charge is -2.11. The van der Waals surface area contributed by atoms with Crippen LogP contribution in [-0.4, -0.2) is 19.5 Å². The SMILES string of the molecule is Cc1cn(CC(C)C)c(NCc2ccnc(C)n2)n1. The van der Waals surface area contributed by atoms with Crippen molar-refractivity contribution in [3.63, 3.8) is 0 Å².